The molecule has 0 aromatic carbocycles. The summed E-state index contributed by atoms with van der Waals surface area (Å²) < 4.78 is 0. The molecular formula is C10H17NS. The number of allylic oxidation sites excluding steroid dienone is 1. The lowest BCUT2D eigenvalue weighted by Gasteiger charge is -2.26. The molecule has 1 heterocycles. The molecule has 12 heavy (non-hydrogen) atoms. The number of thioether (sulfide) groups is 1. The van der Waals surface area contributed by atoms with Crippen molar-refractivity contribution in [3.8, 4) is 0 Å². The van der Waals surface area contributed by atoms with Gasteiger partial charge in [0, 0.05) is 31.1 Å². The molecule has 0 bridgehead atoms. The lowest BCUT2D eigenvalue weighted by molar-refractivity contribution is 0.330. The van der Waals surface area contributed by atoms with Crippen LogP contribution in [-0.2, 0) is 0 Å². The first-order chi connectivity index (χ1) is 5.86. The van der Waals surface area contributed by atoms with Crippen molar-refractivity contribution in [3.05, 3.63) is 24.3 Å². The molecule has 0 aliphatic carbocycles. The fourth-order valence-electron chi connectivity index (χ4n) is 1.29. The molecule has 0 spiro atoms. The summed E-state index contributed by atoms with van der Waals surface area (Å²) in [6, 6.07) is 0. The zero-order chi connectivity index (χ0) is 8.81. The summed E-state index contributed by atoms with van der Waals surface area (Å²) in [7, 11) is 0. The molecule has 1 aliphatic heterocycles. The van der Waals surface area contributed by atoms with Gasteiger partial charge >= 0.3 is 0 Å². The summed E-state index contributed by atoms with van der Waals surface area (Å²) in [6.07, 6.45) is 4.11. The highest BCUT2D eigenvalue weighted by molar-refractivity contribution is 7.99. The molecule has 0 saturated carbocycles. The van der Waals surface area contributed by atoms with Crippen LogP contribution in [-0.4, -0.2) is 36.0 Å². The molecule has 0 N–H and O–H groups in total. The number of nitrogens with zero attached hydrogens (tertiary/aromatic N) is 1. The molecule has 1 saturated heterocycles. The third-order valence-electron chi connectivity index (χ3n) is 2.14. The molecule has 0 unspecified atom stereocenters. The minimum atomic E-state index is 1.08. The Balaban J connectivity index is 2.33. The van der Waals surface area contributed by atoms with Gasteiger partial charge in [-0.25, -0.2) is 0 Å². The SMILES string of the molecule is C=CC(=CC)CN1CCSCC1. The molecule has 2 heteroatoms. The average molecular weight is 183 g/mol. The van der Waals surface area contributed by atoms with Crippen LogP contribution in [0.1, 0.15) is 6.92 Å². The Hall–Kier alpha value is -0.210. The van der Waals surface area contributed by atoms with Crippen molar-refractivity contribution in [1.82, 2.24) is 4.90 Å². The van der Waals surface area contributed by atoms with E-state index >= 15 is 0 Å². The molecule has 1 nitrogen and oxygen atoms in total. The van der Waals surface area contributed by atoms with E-state index in [1.807, 2.05) is 6.08 Å². The van der Waals surface area contributed by atoms with E-state index in [4.69, 9.17) is 0 Å². The predicted octanol–water partition coefficient (Wildman–Crippen LogP) is 2.17. The Morgan fingerprint density at radius 2 is 2.17 bits per heavy atom. The largest absolute Gasteiger partial charge is 0.297 e. The van der Waals surface area contributed by atoms with Crippen LogP contribution in [0, 0.1) is 0 Å². The third kappa shape index (κ3) is 3.03. The second kappa shape index (κ2) is 5.44. The van der Waals surface area contributed by atoms with Gasteiger partial charge in [0.25, 0.3) is 0 Å². The zero-order valence-electron chi connectivity index (χ0n) is 7.75. The Bertz CT molecular complexity index is 169. The van der Waals surface area contributed by atoms with E-state index in [2.05, 4.69) is 36.2 Å². The van der Waals surface area contributed by atoms with E-state index in [1.54, 1.807) is 0 Å². The first-order valence-electron chi connectivity index (χ1n) is 4.44. The first-order valence-corrected chi connectivity index (χ1v) is 5.60. The first kappa shape index (κ1) is 9.87. The molecule has 0 aromatic rings. The highest BCUT2D eigenvalue weighted by atomic mass is 32.2. The number of hydrogen-bond donors (Lipinski definition) is 0. The topological polar surface area (TPSA) is 3.24 Å². The molecule has 1 rings (SSSR count). The van der Waals surface area contributed by atoms with Gasteiger partial charge in [-0.05, 0) is 12.5 Å². The van der Waals surface area contributed by atoms with Gasteiger partial charge in [0.2, 0.25) is 0 Å². The Morgan fingerprint density at radius 3 is 2.67 bits per heavy atom. The van der Waals surface area contributed by atoms with Crippen LogP contribution in [0.3, 0.4) is 0 Å². The van der Waals surface area contributed by atoms with Crippen LogP contribution in [0.5, 0.6) is 0 Å². The second-order valence-electron chi connectivity index (χ2n) is 2.96. The smallest absolute Gasteiger partial charge is 0.0230 e. The quantitative estimate of drug-likeness (QED) is 0.617. The number of rotatable bonds is 3. The summed E-state index contributed by atoms with van der Waals surface area (Å²) in [6.45, 7) is 9.42. The van der Waals surface area contributed by atoms with Gasteiger partial charge in [-0.1, -0.05) is 18.7 Å². The Labute approximate surface area is 79.5 Å². The van der Waals surface area contributed by atoms with Crippen LogP contribution < -0.4 is 0 Å². The van der Waals surface area contributed by atoms with Crippen LogP contribution in [0.15, 0.2) is 24.3 Å². The van der Waals surface area contributed by atoms with Crippen molar-refractivity contribution in [2.24, 2.45) is 0 Å². The van der Waals surface area contributed by atoms with Gasteiger partial charge in [0.15, 0.2) is 0 Å². The summed E-state index contributed by atoms with van der Waals surface area (Å²) >= 11 is 2.05. The van der Waals surface area contributed by atoms with Gasteiger partial charge < -0.3 is 0 Å². The van der Waals surface area contributed by atoms with Crippen molar-refractivity contribution in [1.29, 1.82) is 0 Å². The van der Waals surface area contributed by atoms with E-state index in [0.717, 1.165) is 6.54 Å². The Morgan fingerprint density at radius 1 is 1.50 bits per heavy atom. The summed E-state index contributed by atoms with van der Waals surface area (Å²) in [5.41, 5.74) is 1.35. The summed E-state index contributed by atoms with van der Waals surface area (Å²) in [5, 5.41) is 0. The molecule has 0 aromatic heterocycles. The minimum absolute atomic E-state index is 1.08. The van der Waals surface area contributed by atoms with Crippen molar-refractivity contribution in [2.45, 2.75) is 6.92 Å². The molecular weight excluding hydrogens is 166 g/mol. The van der Waals surface area contributed by atoms with Crippen molar-refractivity contribution in [3.63, 3.8) is 0 Å². The molecule has 0 radical (unpaired) electrons. The normalized spacial score (nSPS) is 20.9. The lowest BCUT2D eigenvalue weighted by atomic mass is 10.2. The third-order valence-corrected chi connectivity index (χ3v) is 3.09. The molecule has 1 fully saturated rings. The van der Waals surface area contributed by atoms with E-state index < -0.39 is 0 Å². The van der Waals surface area contributed by atoms with E-state index in [0.29, 0.717) is 0 Å². The van der Waals surface area contributed by atoms with Gasteiger partial charge in [-0.15, -0.1) is 0 Å². The number of hydrogen-bond acceptors (Lipinski definition) is 2. The van der Waals surface area contributed by atoms with Crippen molar-refractivity contribution < 1.29 is 0 Å². The predicted molar refractivity (Wildman–Crippen MR) is 57.7 cm³/mol. The highest BCUT2D eigenvalue weighted by Gasteiger charge is 2.09. The van der Waals surface area contributed by atoms with Gasteiger partial charge in [0.05, 0.1) is 0 Å². The van der Waals surface area contributed by atoms with Crippen LogP contribution in [0.25, 0.3) is 0 Å². The minimum Gasteiger partial charge on any atom is -0.297 e. The average Bonchev–Trinajstić information content (AvgIpc) is 2.16. The standard InChI is InChI=1S/C10H17NS/c1-3-10(4-2)9-11-5-7-12-8-6-11/h3-4H,1,5-9H2,2H3. The van der Waals surface area contributed by atoms with Crippen LogP contribution >= 0.6 is 11.8 Å². The van der Waals surface area contributed by atoms with Gasteiger partial charge in [-0.3, -0.25) is 4.90 Å². The van der Waals surface area contributed by atoms with E-state index in [-0.39, 0.29) is 0 Å². The van der Waals surface area contributed by atoms with Crippen molar-refractivity contribution >= 4 is 11.8 Å². The van der Waals surface area contributed by atoms with E-state index in [9.17, 15) is 0 Å². The molecule has 0 amide bonds. The maximum Gasteiger partial charge on any atom is 0.0230 e. The fourth-order valence-corrected chi connectivity index (χ4v) is 2.27. The molecule has 68 valence electrons. The monoisotopic (exact) mass is 183 g/mol. The highest BCUT2D eigenvalue weighted by Crippen LogP contribution is 2.10. The summed E-state index contributed by atoms with van der Waals surface area (Å²) in [4.78, 5) is 2.49. The van der Waals surface area contributed by atoms with Gasteiger partial charge in [0.1, 0.15) is 0 Å². The molecule has 1 aliphatic rings. The van der Waals surface area contributed by atoms with Gasteiger partial charge in [-0.2, -0.15) is 11.8 Å². The maximum atomic E-state index is 3.80. The van der Waals surface area contributed by atoms with Crippen molar-refractivity contribution in [2.75, 3.05) is 31.1 Å². The van der Waals surface area contributed by atoms with E-state index in [1.165, 1.54) is 30.2 Å². The zero-order valence-corrected chi connectivity index (χ0v) is 8.57. The second-order valence-corrected chi connectivity index (χ2v) is 4.18. The lowest BCUT2D eigenvalue weighted by Crippen LogP contribution is -2.33. The fraction of sp³-hybridized carbons (Fsp3) is 0.600. The molecule has 0 atom stereocenters. The summed E-state index contributed by atoms with van der Waals surface area (Å²) in [5.74, 6) is 2.57. The van der Waals surface area contributed by atoms with Crippen LogP contribution in [0.4, 0.5) is 0 Å². The Kier molecular flexibility index (Phi) is 4.48. The van der Waals surface area contributed by atoms with Crippen LogP contribution in [0.2, 0.25) is 0 Å². The maximum absolute atomic E-state index is 3.80.